The molecule has 0 N–H and O–H groups in total. The molecule has 0 bridgehead atoms. The quantitative estimate of drug-likeness (QED) is 0.462. The van der Waals surface area contributed by atoms with E-state index >= 15 is 0 Å². The van der Waals surface area contributed by atoms with Gasteiger partial charge in [0.05, 0.1) is 12.2 Å². The van der Waals surface area contributed by atoms with E-state index in [9.17, 15) is 4.79 Å². The van der Waals surface area contributed by atoms with Gasteiger partial charge < -0.3 is 4.74 Å². The second-order valence-corrected chi connectivity index (χ2v) is 7.50. The third kappa shape index (κ3) is 5.19. The highest BCUT2D eigenvalue weighted by Crippen LogP contribution is 2.40. The summed E-state index contributed by atoms with van der Waals surface area (Å²) in [5.74, 6) is -0.268. The van der Waals surface area contributed by atoms with Gasteiger partial charge >= 0.3 is 5.97 Å². The highest BCUT2D eigenvalue weighted by molar-refractivity contribution is 5.90. The second kappa shape index (κ2) is 8.33. The summed E-state index contributed by atoms with van der Waals surface area (Å²) in [6.07, 6.45) is 10.3. The molecule has 0 saturated carbocycles. The highest BCUT2D eigenvalue weighted by Gasteiger charge is 2.26. The summed E-state index contributed by atoms with van der Waals surface area (Å²) in [5, 5.41) is 0. The molecule has 134 valence electrons. The van der Waals surface area contributed by atoms with Gasteiger partial charge in [0.15, 0.2) is 0 Å². The standard InChI is InChI=1S/C23H30O2/c1-6-25-22(24)20-11-7-10-19(16-20)15-17(2)12-13-21-18(3)9-8-14-23(21,4)5/h7,10-13,15-16H,6,8-9,14H2,1-5H3/b13-12+,17-15+. The Kier molecular flexibility index (Phi) is 6.41. The SMILES string of the molecule is CCOC(=O)c1cccc(/C=C(C)/C=C/C2=C(C)CCCC2(C)C)c1. The van der Waals surface area contributed by atoms with E-state index in [-0.39, 0.29) is 11.4 Å². The average Bonchev–Trinajstić information content (AvgIpc) is 2.54. The van der Waals surface area contributed by atoms with Crippen molar-refractivity contribution in [2.75, 3.05) is 6.61 Å². The highest BCUT2D eigenvalue weighted by atomic mass is 16.5. The lowest BCUT2D eigenvalue weighted by atomic mass is 9.72. The minimum Gasteiger partial charge on any atom is -0.462 e. The molecule has 2 heteroatoms. The van der Waals surface area contributed by atoms with E-state index < -0.39 is 0 Å². The van der Waals surface area contributed by atoms with Gasteiger partial charge in [0.25, 0.3) is 0 Å². The lowest BCUT2D eigenvalue weighted by Gasteiger charge is -2.32. The maximum Gasteiger partial charge on any atom is 0.338 e. The van der Waals surface area contributed by atoms with E-state index in [0.717, 1.165) is 5.56 Å². The van der Waals surface area contributed by atoms with Crippen LogP contribution in [0.5, 0.6) is 0 Å². The molecule has 0 fully saturated rings. The first-order valence-electron chi connectivity index (χ1n) is 9.17. The largest absolute Gasteiger partial charge is 0.462 e. The van der Waals surface area contributed by atoms with Crippen LogP contribution in [0.2, 0.25) is 0 Å². The first kappa shape index (κ1) is 19.2. The lowest BCUT2D eigenvalue weighted by Crippen LogP contribution is -2.19. The van der Waals surface area contributed by atoms with Gasteiger partial charge in [-0.25, -0.2) is 4.79 Å². The number of hydrogen-bond donors (Lipinski definition) is 0. The van der Waals surface area contributed by atoms with Crippen molar-refractivity contribution in [3.05, 3.63) is 64.3 Å². The summed E-state index contributed by atoms with van der Waals surface area (Å²) in [5.41, 5.74) is 6.00. The molecule has 1 aromatic carbocycles. The van der Waals surface area contributed by atoms with Gasteiger partial charge in [-0.3, -0.25) is 0 Å². The van der Waals surface area contributed by atoms with Crippen LogP contribution in [0.15, 0.2) is 53.1 Å². The van der Waals surface area contributed by atoms with Crippen molar-refractivity contribution in [2.45, 2.75) is 53.9 Å². The van der Waals surface area contributed by atoms with E-state index in [1.54, 1.807) is 6.07 Å². The van der Waals surface area contributed by atoms with Crippen LogP contribution in [0.25, 0.3) is 6.08 Å². The van der Waals surface area contributed by atoms with Crippen LogP contribution in [0.3, 0.4) is 0 Å². The molecular formula is C23H30O2. The van der Waals surface area contributed by atoms with E-state index in [1.165, 1.54) is 36.0 Å². The molecule has 1 aliphatic rings. The van der Waals surface area contributed by atoms with Crippen molar-refractivity contribution in [3.63, 3.8) is 0 Å². The zero-order valence-electron chi connectivity index (χ0n) is 16.2. The molecule has 2 rings (SSSR count). The Bertz CT molecular complexity index is 717. The smallest absolute Gasteiger partial charge is 0.338 e. The number of esters is 1. The van der Waals surface area contributed by atoms with E-state index in [2.05, 4.69) is 45.9 Å². The van der Waals surface area contributed by atoms with Crippen molar-refractivity contribution >= 4 is 12.0 Å². The molecule has 0 atom stereocenters. The van der Waals surface area contributed by atoms with E-state index in [1.807, 2.05) is 25.1 Å². The monoisotopic (exact) mass is 338 g/mol. The molecule has 1 aromatic rings. The Morgan fingerprint density at radius 1 is 1.32 bits per heavy atom. The molecule has 0 heterocycles. The minimum absolute atomic E-state index is 0.253. The third-order valence-electron chi connectivity index (χ3n) is 4.85. The van der Waals surface area contributed by atoms with Gasteiger partial charge in [0.1, 0.15) is 0 Å². The first-order valence-corrected chi connectivity index (χ1v) is 9.17. The van der Waals surface area contributed by atoms with Crippen LogP contribution < -0.4 is 0 Å². The van der Waals surface area contributed by atoms with Gasteiger partial charge in [-0.1, -0.05) is 55.4 Å². The summed E-state index contributed by atoms with van der Waals surface area (Å²) in [6.45, 7) is 11.2. The van der Waals surface area contributed by atoms with Crippen LogP contribution in [0.4, 0.5) is 0 Å². The fraction of sp³-hybridized carbons (Fsp3) is 0.435. The summed E-state index contributed by atoms with van der Waals surface area (Å²) >= 11 is 0. The molecule has 0 amide bonds. The molecule has 0 aromatic heterocycles. The van der Waals surface area contributed by atoms with Crippen LogP contribution in [-0.2, 0) is 4.74 Å². The predicted octanol–water partition coefficient (Wildman–Crippen LogP) is 6.35. The van der Waals surface area contributed by atoms with Gasteiger partial charge in [0.2, 0.25) is 0 Å². The van der Waals surface area contributed by atoms with Crippen molar-refractivity contribution in [1.29, 1.82) is 0 Å². The first-order chi connectivity index (χ1) is 11.8. The Labute approximate surface area is 152 Å². The van der Waals surface area contributed by atoms with Crippen LogP contribution in [-0.4, -0.2) is 12.6 Å². The maximum atomic E-state index is 11.9. The summed E-state index contributed by atoms with van der Waals surface area (Å²) in [7, 11) is 0. The molecule has 0 radical (unpaired) electrons. The van der Waals surface area contributed by atoms with Gasteiger partial charge in [0, 0.05) is 0 Å². The fourth-order valence-corrected chi connectivity index (χ4v) is 3.51. The summed E-state index contributed by atoms with van der Waals surface area (Å²) in [6, 6.07) is 7.57. The minimum atomic E-state index is -0.268. The van der Waals surface area contributed by atoms with Crippen LogP contribution >= 0.6 is 0 Å². The Balaban J connectivity index is 2.19. The lowest BCUT2D eigenvalue weighted by molar-refractivity contribution is 0.0526. The number of benzene rings is 1. The van der Waals surface area contributed by atoms with Crippen molar-refractivity contribution < 1.29 is 9.53 Å². The van der Waals surface area contributed by atoms with Gasteiger partial charge in [-0.05, 0) is 68.7 Å². The Morgan fingerprint density at radius 2 is 2.08 bits per heavy atom. The molecule has 1 aliphatic carbocycles. The molecular weight excluding hydrogens is 308 g/mol. The number of carbonyl (C=O) groups is 1. The molecule has 2 nitrogen and oxygen atoms in total. The Morgan fingerprint density at radius 3 is 2.76 bits per heavy atom. The molecule has 25 heavy (non-hydrogen) atoms. The van der Waals surface area contributed by atoms with Gasteiger partial charge in [-0.2, -0.15) is 0 Å². The van der Waals surface area contributed by atoms with Crippen molar-refractivity contribution in [1.82, 2.24) is 0 Å². The van der Waals surface area contributed by atoms with Crippen molar-refractivity contribution in [2.24, 2.45) is 5.41 Å². The summed E-state index contributed by atoms with van der Waals surface area (Å²) in [4.78, 5) is 11.9. The summed E-state index contributed by atoms with van der Waals surface area (Å²) < 4.78 is 5.07. The third-order valence-corrected chi connectivity index (χ3v) is 4.85. The zero-order chi connectivity index (χ0) is 18.4. The number of hydrogen-bond acceptors (Lipinski definition) is 2. The number of rotatable bonds is 5. The average molecular weight is 338 g/mol. The van der Waals surface area contributed by atoms with Crippen molar-refractivity contribution in [3.8, 4) is 0 Å². The number of allylic oxidation sites excluding steroid dienone is 5. The normalized spacial score (nSPS) is 17.9. The molecule has 0 unspecified atom stereocenters. The number of ether oxygens (including phenoxy) is 1. The predicted molar refractivity (Wildman–Crippen MR) is 106 cm³/mol. The number of carbonyl (C=O) groups excluding carboxylic acids is 1. The topological polar surface area (TPSA) is 26.3 Å². The van der Waals surface area contributed by atoms with Crippen LogP contribution in [0.1, 0.15) is 69.8 Å². The van der Waals surface area contributed by atoms with Gasteiger partial charge in [-0.15, -0.1) is 0 Å². The Hall–Kier alpha value is -2.09. The maximum absolute atomic E-state index is 11.9. The molecule has 0 aliphatic heterocycles. The second-order valence-electron chi connectivity index (χ2n) is 7.50. The zero-order valence-corrected chi connectivity index (χ0v) is 16.2. The van der Waals surface area contributed by atoms with Crippen LogP contribution in [0, 0.1) is 5.41 Å². The fourth-order valence-electron chi connectivity index (χ4n) is 3.51. The molecule has 0 saturated heterocycles. The van der Waals surface area contributed by atoms with E-state index in [0.29, 0.717) is 12.2 Å². The molecule has 0 spiro atoms. The van der Waals surface area contributed by atoms with E-state index in [4.69, 9.17) is 4.74 Å².